The van der Waals surface area contributed by atoms with Gasteiger partial charge in [-0.3, -0.25) is 0 Å². The van der Waals surface area contributed by atoms with E-state index >= 15 is 0 Å². The molecule has 3 heteroatoms. The summed E-state index contributed by atoms with van der Waals surface area (Å²) in [6.07, 6.45) is 6.03. The Balaban J connectivity index is 2.34. The van der Waals surface area contributed by atoms with E-state index in [2.05, 4.69) is 18.8 Å². The van der Waals surface area contributed by atoms with Gasteiger partial charge in [0, 0.05) is 25.9 Å². The van der Waals surface area contributed by atoms with Gasteiger partial charge in [0.25, 0.3) is 0 Å². The van der Waals surface area contributed by atoms with Gasteiger partial charge in [-0.15, -0.1) is 0 Å². The van der Waals surface area contributed by atoms with E-state index in [0.29, 0.717) is 12.3 Å². The zero-order valence-corrected chi connectivity index (χ0v) is 9.27. The van der Waals surface area contributed by atoms with Crippen molar-refractivity contribution < 1.29 is 5.11 Å². The molecule has 1 aromatic rings. The summed E-state index contributed by atoms with van der Waals surface area (Å²) in [6.45, 7) is 4.35. The molecule has 0 aliphatic rings. The number of rotatable bonds is 5. The second-order valence-electron chi connectivity index (χ2n) is 4.28. The highest BCUT2D eigenvalue weighted by atomic mass is 16.3. The lowest BCUT2D eigenvalue weighted by Crippen LogP contribution is -2.14. The van der Waals surface area contributed by atoms with Crippen molar-refractivity contribution in [2.24, 2.45) is 13.0 Å². The Labute approximate surface area is 85.8 Å². The van der Waals surface area contributed by atoms with Crippen LogP contribution < -0.4 is 0 Å². The number of hydrogen-bond donors (Lipinski definition) is 1. The van der Waals surface area contributed by atoms with Crippen molar-refractivity contribution in [1.29, 1.82) is 0 Å². The molecule has 0 saturated carbocycles. The van der Waals surface area contributed by atoms with Gasteiger partial charge in [-0.2, -0.15) is 0 Å². The Morgan fingerprint density at radius 1 is 1.43 bits per heavy atom. The number of nitrogens with zero attached hydrogens (tertiary/aromatic N) is 2. The molecule has 0 saturated heterocycles. The predicted molar refractivity (Wildman–Crippen MR) is 57.0 cm³/mol. The molecule has 80 valence electrons. The van der Waals surface area contributed by atoms with E-state index < -0.39 is 0 Å². The highest BCUT2D eigenvalue weighted by molar-refractivity contribution is 4.92. The molecule has 14 heavy (non-hydrogen) atoms. The third kappa shape index (κ3) is 3.50. The minimum Gasteiger partial charge on any atom is -0.393 e. The molecule has 0 amide bonds. The van der Waals surface area contributed by atoms with Crippen LogP contribution in [0.4, 0.5) is 0 Å². The Morgan fingerprint density at radius 3 is 2.64 bits per heavy atom. The molecule has 1 rings (SSSR count). The lowest BCUT2D eigenvalue weighted by Gasteiger charge is -2.11. The van der Waals surface area contributed by atoms with Crippen LogP contribution >= 0.6 is 0 Å². The molecule has 0 fully saturated rings. The third-order valence-electron chi connectivity index (χ3n) is 2.42. The van der Waals surface area contributed by atoms with Crippen LogP contribution in [0.15, 0.2) is 12.4 Å². The average molecular weight is 196 g/mol. The maximum atomic E-state index is 9.74. The van der Waals surface area contributed by atoms with Gasteiger partial charge in [0.2, 0.25) is 0 Å². The molecule has 3 nitrogen and oxygen atoms in total. The van der Waals surface area contributed by atoms with Gasteiger partial charge >= 0.3 is 0 Å². The molecule has 1 N–H and O–H groups in total. The van der Waals surface area contributed by atoms with Crippen LogP contribution in [0.25, 0.3) is 0 Å². The fourth-order valence-electron chi connectivity index (χ4n) is 1.43. The Kier molecular flexibility index (Phi) is 4.14. The van der Waals surface area contributed by atoms with Crippen molar-refractivity contribution in [3.8, 4) is 0 Å². The van der Waals surface area contributed by atoms with Crippen molar-refractivity contribution in [2.45, 2.75) is 39.2 Å². The number of aliphatic hydroxyl groups is 1. The molecule has 0 spiro atoms. The summed E-state index contributed by atoms with van der Waals surface area (Å²) in [6, 6.07) is 0. The van der Waals surface area contributed by atoms with Crippen LogP contribution in [0.1, 0.15) is 32.5 Å². The van der Waals surface area contributed by atoms with E-state index in [0.717, 1.165) is 18.7 Å². The molecule has 0 aromatic carbocycles. The zero-order valence-electron chi connectivity index (χ0n) is 9.27. The summed E-state index contributed by atoms with van der Waals surface area (Å²) in [7, 11) is 1.96. The van der Waals surface area contributed by atoms with Crippen molar-refractivity contribution in [3.63, 3.8) is 0 Å². The number of aliphatic hydroxyl groups excluding tert-OH is 1. The standard InChI is InChI=1S/C11H20N2O/c1-9(2)4-5-10(14)8-11-12-6-7-13(11)3/h6-7,9-10,14H,4-5,8H2,1-3H3. The van der Waals surface area contributed by atoms with Crippen LogP contribution in [-0.2, 0) is 13.5 Å². The average Bonchev–Trinajstić information content (AvgIpc) is 2.49. The van der Waals surface area contributed by atoms with Crippen LogP contribution in [0.2, 0.25) is 0 Å². The Bertz CT molecular complexity index is 268. The summed E-state index contributed by atoms with van der Waals surface area (Å²) in [4.78, 5) is 4.19. The van der Waals surface area contributed by atoms with Gasteiger partial charge in [-0.1, -0.05) is 13.8 Å². The Hall–Kier alpha value is -0.830. The van der Waals surface area contributed by atoms with Gasteiger partial charge in [-0.05, 0) is 18.8 Å². The Morgan fingerprint density at radius 2 is 2.14 bits per heavy atom. The van der Waals surface area contributed by atoms with E-state index in [-0.39, 0.29) is 6.10 Å². The molecule has 0 aliphatic heterocycles. The maximum Gasteiger partial charge on any atom is 0.110 e. The summed E-state index contributed by atoms with van der Waals surface area (Å²) in [5.41, 5.74) is 0. The molecule has 0 aliphatic carbocycles. The molecular weight excluding hydrogens is 176 g/mol. The van der Waals surface area contributed by atoms with E-state index in [1.165, 1.54) is 0 Å². The first-order valence-electron chi connectivity index (χ1n) is 5.24. The monoisotopic (exact) mass is 196 g/mol. The molecule has 0 radical (unpaired) electrons. The summed E-state index contributed by atoms with van der Waals surface area (Å²) < 4.78 is 1.96. The minimum absolute atomic E-state index is 0.251. The van der Waals surface area contributed by atoms with Crippen molar-refractivity contribution in [1.82, 2.24) is 9.55 Å². The number of imidazole rings is 1. The lowest BCUT2D eigenvalue weighted by atomic mass is 10.0. The van der Waals surface area contributed by atoms with Gasteiger partial charge in [0.05, 0.1) is 6.10 Å². The number of hydrogen-bond acceptors (Lipinski definition) is 2. The zero-order chi connectivity index (χ0) is 10.6. The fraction of sp³-hybridized carbons (Fsp3) is 0.727. The second kappa shape index (κ2) is 5.15. The topological polar surface area (TPSA) is 38.1 Å². The van der Waals surface area contributed by atoms with Gasteiger partial charge in [-0.25, -0.2) is 4.98 Å². The van der Waals surface area contributed by atoms with E-state index in [9.17, 15) is 5.11 Å². The normalized spacial score (nSPS) is 13.5. The molecule has 0 bridgehead atoms. The van der Waals surface area contributed by atoms with Gasteiger partial charge in [0.1, 0.15) is 5.82 Å². The minimum atomic E-state index is -0.251. The highest BCUT2D eigenvalue weighted by Gasteiger charge is 2.09. The molecule has 1 heterocycles. The molecule has 1 aromatic heterocycles. The van der Waals surface area contributed by atoms with E-state index in [1.54, 1.807) is 6.20 Å². The van der Waals surface area contributed by atoms with Crippen LogP contribution in [0, 0.1) is 5.92 Å². The second-order valence-corrected chi connectivity index (χ2v) is 4.28. The van der Waals surface area contributed by atoms with E-state index in [4.69, 9.17) is 0 Å². The highest BCUT2D eigenvalue weighted by Crippen LogP contribution is 2.10. The summed E-state index contributed by atoms with van der Waals surface area (Å²) in [5.74, 6) is 1.62. The first-order chi connectivity index (χ1) is 6.59. The van der Waals surface area contributed by atoms with Crippen molar-refractivity contribution >= 4 is 0 Å². The lowest BCUT2D eigenvalue weighted by molar-refractivity contribution is 0.154. The quantitative estimate of drug-likeness (QED) is 0.779. The largest absolute Gasteiger partial charge is 0.393 e. The van der Waals surface area contributed by atoms with E-state index in [1.807, 2.05) is 17.8 Å². The first kappa shape index (κ1) is 11.2. The van der Waals surface area contributed by atoms with Crippen molar-refractivity contribution in [3.05, 3.63) is 18.2 Å². The molecule has 1 atom stereocenters. The van der Waals surface area contributed by atoms with Gasteiger partial charge < -0.3 is 9.67 Å². The predicted octanol–water partition coefficient (Wildman–Crippen LogP) is 1.76. The maximum absolute atomic E-state index is 9.74. The van der Waals surface area contributed by atoms with Crippen LogP contribution in [0.3, 0.4) is 0 Å². The fourth-order valence-corrected chi connectivity index (χ4v) is 1.43. The SMILES string of the molecule is CC(C)CCC(O)Cc1nccn1C. The molecule has 1 unspecified atom stereocenters. The smallest absolute Gasteiger partial charge is 0.110 e. The van der Waals surface area contributed by atoms with Crippen LogP contribution in [0.5, 0.6) is 0 Å². The summed E-state index contributed by atoms with van der Waals surface area (Å²) >= 11 is 0. The van der Waals surface area contributed by atoms with Crippen molar-refractivity contribution in [2.75, 3.05) is 0 Å². The number of aryl methyl sites for hydroxylation is 1. The third-order valence-corrected chi connectivity index (χ3v) is 2.42. The summed E-state index contributed by atoms with van der Waals surface area (Å²) in [5, 5.41) is 9.74. The number of aromatic nitrogens is 2. The first-order valence-corrected chi connectivity index (χ1v) is 5.24. The van der Waals surface area contributed by atoms with Gasteiger partial charge in [0.15, 0.2) is 0 Å². The van der Waals surface area contributed by atoms with Crippen LogP contribution in [-0.4, -0.2) is 20.8 Å². The molecular formula is C11H20N2O.